The number of imidazole rings is 1. The van der Waals surface area contributed by atoms with Gasteiger partial charge in [-0.25, -0.2) is 15.0 Å². The number of nitrogens with zero attached hydrogens (tertiary/aromatic N) is 4. The molecule has 142 valence electrons. The monoisotopic (exact) mass is 371 g/mol. The zero-order valence-electron chi connectivity index (χ0n) is 16.6. The van der Waals surface area contributed by atoms with Crippen LogP contribution in [-0.2, 0) is 0 Å². The maximum absolute atomic E-state index is 4.80. The van der Waals surface area contributed by atoms with Crippen LogP contribution in [-0.4, -0.2) is 25.9 Å². The molecule has 3 heterocycles. The zero-order chi connectivity index (χ0) is 19.5. The minimum Gasteiger partial charge on any atom is -0.369 e. The predicted molar refractivity (Wildman–Crippen MR) is 114 cm³/mol. The highest BCUT2D eigenvalue weighted by atomic mass is 15.0. The Morgan fingerprint density at radius 1 is 1.07 bits per heavy atom. The van der Waals surface area contributed by atoms with Crippen LogP contribution in [0.4, 0.5) is 5.82 Å². The summed E-state index contributed by atoms with van der Waals surface area (Å²) < 4.78 is 2.00. The fourth-order valence-electron chi connectivity index (χ4n) is 3.52. The molecular formula is C23H25N5. The molecule has 1 N–H and O–H groups in total. The summed E-state index contributed by atoms with van der Waals surface area (Å²) in [7, 11) is 0. The predicted octanol–water partition coefficient (Wildman–Crippen LogP) is 5.01. The van der Waals surface area contributed by atoms with E-state index in [9.17, 15) is 0 Å². The van der Waals surface area contributed by atoms with Gasteiger partial charge in [-0.2, -0.15) is 0 Å². The maximum Gasteiger partial charge on any atom is 0.163 e. The van der Waals surface area contributed by atoms with Crippen molar-refractivity contribution in [3.05, 3.63) is 77.9 Å². The van der Waals surface area contributed by atoms with Crippen molar-refractivity contribution in [2.75, 3.05) is 11.9 Å². The number of anilines is 1. The standard InChI is InChI=1S/C23H25N5/c1-4-18(19-8-6-5-7-9-19)14-25-21-13-17(3)26-23(27-21)20-15-28-11-10-24-22(28)12-16(20)2/h5-13,15,18H,4,14H2,1-3H3,(H,25,26,27). The van der Waals surface area contributed by atoms with Crippen molar-refractivity contribution in [3.63, 3.8) is 0 Å². The second-order valence-corrected chi connectivity index (χ2v) is 7.18. The summed E-state index contributed by atoms with van der Waals surface area (Å²) in [6.07, 6.45) is 6.87. The second kappa shape index (κ2) is 7.80. The van der Waals surface area contributed by atoms with Gasteiger partial charge in [0.1, 0.15) is 11.5 Å². The van der Waals surface area contributed by atoms with Gasteiger partial charge in [0.25, 0.3) is 0 Å². The molecule has 1 atom stereocenters. The van der Waals surface area contributed by atoms with E-state index in [0.717, 1.165) is 47.1 Å². The number of nitrogens with one attached hydrogen (secondary N) is 1. The Balaban J connectivity index is 1.61. The highest BCUT2D eigenvalue weighted by molar-refractivity contribution is 5.64. The van der Waals surface area contributed by atoms with E-state index >= 15 is 0 Å². The van der Waals surface area contributed by atoms with Crippen LogP contribution in [0.3, 0.4) is 0 Å². The van der Waals surface area contributed by atoms with Gasteiger partial charge in [0.15, 0.2) is 5.82 Å². The lowest BCUT2D eigenvalue weighted by molar-refractivity contribution is 0.693. The lowest BCUT2D eigenvalue weighted by Crippen LogP contribution is -2.13. The Kier molecular flexibility index (Phi) is 5.06. The third-order valence-corrected chi connectivity index (χ3v) is 5.13. The summed E-state index contributed by atoms with van der Waals surface area (Å²) >= 11 is 0. The molecule has 0 aliphatic carbocycles. The summed E-state index contributed by atoms with van der Waals surface area (Å²) in [5.74, 6) is 2.05. The first-order valence-electron chi connectivity index (χ1n) is 9.72. The van der Waals surface area contributed by atoms with E-state index in [4.69, 9.17) is 4.98 Å². The number of aryl methyl sites for hydroxylation is 2. The Labute approximate surface area is 165 Å². The molecule has 4 aromatic rings. The molecule has 0 saturated heterocycles. The van der Waals surface area contributed by atoms with Crippen molar-refractivity contribution in [2.24, 2.45) is 0 Å². The van der Waals surface area contributed by atoms with Gasteiger partial charge in [-0.05, 0) is 37.5 Å². The van der Waals surface area contributed by atoms with Crippen LogP contribution >= 0.6 is 0 Å². The van der Waals surface area contributed by atoms with E-state index in [1.165, 1.54) is 5.56 Å². The lowest BCUT2D eigenvalue weighted by atomic mass is 9.96. The van der Waals surface area contributed by atoms with Gasteiger partial charge in [0.2, 0.25) is 0 Å². The topological polar surface area (TPSA) is 55.1 Å². The Morgan fingerprint density at radius 2 is 1.89 bits per heavy atom. The summed E-state index contributed by atoms with van der Waals surface area (Å²) in [5.41, 5.74) is 5.37. The molecular weight excluding hydrogens is 346 g/mol. The van der Waals surface area contributed by atoms with Crippen molar-refractivity contribution in [1.29, 1.82) is 0 Å². The number of rotatable bonds is 6. The fraction of sp³-hybridized carbons (Fsp3) is 0.261. The molecule has 0 aliphatic rings. The van der Waals surface area contributed by atoms with Crippen LogP contribution in [0.1, 0.15) is 36.1 Å². The smallest absolute Gasteiger partial charge is 0.163 e. The quantitative estimate of drug-likeness (QED) is 0.517. The second-order valence-electron chi connectivity index (χ2n) is 7.18. The third-order valence-electron chi connectivity index (χ3n) is 5.13. The molecule has 0 saturated carbocycles. The molecule has 0 fully saturated rings. The van der Waals surface area contributed by atoms with Crippen LogP contribution in [0.25, 0.3) is 17.0 Å². The van der Waals surface area contributed by atoms with Crippen LogP contribution in [0, 0.1) is 13.8 Å². The van der Waals surface area contributed by atoms with Gasteiger partial charge in [-0.15, -0.1) is 0 Å². The molecule has 28 heavy (non-hydrogen) atoms. The van der Waals surface area contributed by atoms with Gasteiger partial charge in [-0.3, -0.25) is 0 Å². The van der Waals surface area contributed by atoms with E-state index in [-0.39, 0.29) is 0 Å². The normalized spacial score (nSPS) is 12.2. The summed E-state index contributed by atoms with van der Waals surface area (Å²) in [4.78, 5) is 13.8. The van der Waals surface area contributed by atoms with E-state index < -0.39 is 0 Å². The Morgan fingerprint density at radius 3 is 2.68 bits per heavy atom. The molecule has 0 spiro atoms. The lowest BCUT2D eigenvalue weighted by Gasteiger charge is -2.17. The van der Waals surface area contributed by atoms with Crippen molar-refractivity contribution in [3.8, 4) is 11.4 Å². The summed E-state index contributed by atoms with van der Waals surface area (Å²) in [6.45, 7) is 7.15. The number of hydrogen-bond acceptors (Lipinski definition) is 4. The first kappa shape index (κ1) is 18.2. The summed E-state index contributed by atoms with van der Waals surface area (Å²) in [6, 6.07) is 14.7. The molecule has 5 nitrogen and oxygen atoms in total. The molecule has 5 heteroatoms. The molecule has 3 aromatic heterocycles. The van der Waals surface area contributed by atoms with Crippen LogP contribution < -0.4 is 5.32 Å². The van der Waals surface area contributed by atoms with Gasteiger partial charge < -0.3 is 9.72 Å². The molecule has 1 unspecified atom stereocenters. The fourth-order valence-corrected chi connectivity index (χ4v) is 3.52. The molecule has 0 bridgehead atoms. The minimum atomic E-state index is 0.448. The first-order valence-corrected chi connectivity index (χ1v) is 9.72. The highest BCUT2D eigenvalue weighted by Crippen LogP contribution is 2.24. The highest BCUT2D eigenvalue weighted by Gasteiger charge is 2.12. The summed E-state index contributed by atoms with van der Waals surface area (Å²) in [5, 5.41) is 3.53. The largest absolute Gasteiger partial charge is 0.369 e. The zero-order valence-corrected chi connectivity index (χ0v) is 16.6. The number of aromatic nitrogens is 4. The van der Waals surface area contributed by atoms with E-state index in [2.05, 4.69) is 71.7 Å². The van der Waals surface area contributed by atoms with Crippen molar-refractivity contribution < 1.29 is 0 Å². The number of benzene rings is 1. The van der Waals surface area contributed by atoms with Crippen molar-refractivity contribution >= 4 is 11.5 Å². The van der Waals surface area contributed by atoms with Crippen LogP contribution in [0.2, 0.25) is 0 Å². The first-order chi connectivity index (χ1) is 13.6. The Bertz CT molecular complexity index is 1080. The van der Waals surface area contributed by atoms with Gasteiger partial charge in [-0.1, -0.05) is 37.3 Å². The molecule has 0 amide bonds. The molecule has 0 radical (unpaired) electrons. The van der Waals surface area contributed by atoms with Crippen molar-refractivity contribution in [2.45, 2.75) is 33.1 Å². The van der Waals surface area contributed by atoms with Gasteiger partial charge >= 0.3 is 0 Å². The number of fused-ring (bicyclic) bond motifs is 1. The average molecular weight is 371 g/mol. The number of hydrogen-bond donors (Lipinski definition) is 1. The van der Waals surface area contributed by atoms with E-state index in [0.29, 0.717) is 5.92 Å². The minimum absolute atomic E-state index is 0.448. The van der Waals surface area contributed by atoms with Crippen LogP contribution in [0.15, 0.2) is 61.1 Å². The van der Waals surface area contributed by atoms with Crippen molar-refractivity contribution in [1.82, 2.24) is 19.4 Å². The molecule has 1 aromatic carbocycles. The van der Waals surface area contributed by atoms with E-state index in [1.807, 2.05) is 23.6 Å². The molecule has 4 rings (SSSR count). The SMILES string of the molecule is CCC(CNc1cc(C)nc(-c2cn3ccnc3cc2C)n1)c1ccccc1. The Hall–Kier alpha value is -3.21. The van der Waals surface area contributed by atoms with E-state index in [1.54, 1.807) is 6.20 Å². The molecule has 0 aliphatic heterocycles. The average Bonchev–Trinajstić information content (AvgIpc) is 3.15. The number of pyridine rings is 1. The maximum atomic E-state index is 4.80. The van der Waals surface area contributed by atoms with Gasteiger partial charge in [0, 0.05) is 48.4 Å². The third kappa shape index (κ3) is 3.74. The van der Waals surface area contributed by atoms with Crippen LogP contribution in [0.5, 0.6) is 0 Å². The van der Waals surface area contributed by atoms with Gasteiger partial charge in [0.05, 0.1) is 0 Å².